The Morgan fingerprint density at radius 3 is 1.36 bits per heavy atom. The van der Waals surface area contributed by atoms with Gasteiger partial charge in [-0.15, -0.1) is 0 Å². The molecular weight excluding hydrogens is 817 g/mol. The van der Waals surface area contributed by atoms with E-state index in [0.717, 1.165) is 37.7 Å². The fourth-order valence-electron chi connectivity index (χ4n) is 6.67. The van der Waals surface area contributed by atoms with Gasteiger partial charge in [0.25, 0.3) is 10.1 Å². The summed E-state index contributed by atoms with van der Waals surface area (Å²) >= 11 is 0. The van der Waals surface area contributed by atoms with Gasteiger partial charge in [0, 0.05) is 0 Å². The molecule has 0 aromatic heterocycles. The Hall–Kier alpha value is -2.84. The SMILES string of the molecule is CCCCCCCCCCCc1cccc(Oc2ccccc2S(=O)(=O)O)c1O.CCCCCCCCCCCc1cccc(Oc2ccccc2S(=O)(=O)[O-])c1[O-].[Ca+2]. The van der Waals surface area contributed by atoms with Crippen LogP contribution in [0.4, 0.5) is 0 Å². The van der Waals surface area contributed by atoms with Crippen molar-refractivity contribution in [1.29, 1.82) is 0 Å². The average Bonchev–Trinajstić information content (AvgIpc) is 3.19. The molecular formula is C46H62CaO10S2. The molecule has 10 nitrogen and oxygen atoms in total. The molecule has 0 saturated heterocycles. The van der Waals surface area contributed by atoms with E-state index in [1.807, 2.05) is 6.07 Å². The second-order valence-electron chi connectivity index (χ2n) is 14.7. The van der Waals surface area contributed by atoms with E-state index in [2.05, 4.69) is 13.8 Å². The van der Waals surface area contributed by atoms with Crippen molar-refractivity contribution in [3.8, 4) is 34.5 Å². The molecule has 0 aliphatic rings. The molecule has 0 aliphatic carbocycles. The number of para-hydroxylation sites is 4. The van der Waals surface area contributed by atoms with Gasteiger partial charge in [0.05, 0.1) is 4.90 Å². The van der Waals surface area contributed by atoms with Gasteiger partial charge in [-0.05, 0) is 67.6 Å². The number of hydrogen-bond acceptors (Lipinski definition) is 9. The zero-order chi connectivity index (χ0) is 42.2. The van der Waals surface area contributed by atoms with Crippen molar-refractivity contribution in [1.82, 2.24) is 0 Å². The van der Waals surface area contributed by atoms with Crippen LogP contribution in [0.25, 0.3) is 0 Å². The quantitative estimate of drug-likeness (QED) is 0.0351. The van der Waals surface area contributed by atoms with Crippen LogP contribution >= 0.6 is 0 Å². The Kier molecular flexibility index (Phi) is 25.4. The molecule has 0 radical (unpaired) electrons. The largest absolute Gasteiger partial charge is 2.00 e. The van der Waals surface area contributed by atoms with Crippen molar-refractivity contribution in [2.75, 3.05) is 0 Å². The molecule has 2 N–H and O–H groups in total. The summed E-state index contributed by atoms with van der Waals surface area (Å²) in [5.74, 6) is -0.184. The van der Waals surface area contributed by atoms with Crippen LogP contribution in [0, 0.1) is 0 Å². The molecule has 0 atom stereocenters. The van der Waals surface area contributed by atoms with Crippen molar-refractivity contribution >= 4 is 58.0 Å². The van der Waals surface area contributed by atoms with Crippen LogP contribution in [-0.2, 0) is 33.1 Å². The minimum atomic E-state index is -4.68. The van der Waals surface area contributed by atoms with Gasteiger partial charge in [0.1, 0.15) is 32.3 Å². The molecule has 13 heteroatoms. The van der Waals surface area contributed by atoms with E-state index in [1.54, 1.807) is 36.4 Å². The van der Waals surface area contributed by atoms with Gasteiger partial charge in [-0.1, -0.05) is 176 Å². The third-order valence-electron chi connectivity index (χ3n) is 9.93. The number of unbranched alkanes of at least 4 members (excludes halogenated alkanes) is 16. The maximum atomic E-state index is 12.6. The number of benzene rings is 4. The van der Waals surface area contributed by atoms with Crippen LogP contribution in [0.3, 0.4) is 0 Å². The van der Waals surface area contributed by atoms with Crippen LogP contribution < -0.4 is 14.6 Å². The topological polar surface area (TPSA) is 173 Å². The molecule has 0 heterocycles. The first kappa shape index (κ1) is 52.3. The number of phenolic OH excluding ortho intramolecular Hbond substituents is 1. The third-order valence-corrected chi connectivity index (χ3v) is 11.7. The Bertz CT molecular complexity index is 1870. The van der Waals surface area contributed by atoms with E-state index in [0.29, 0.717) is 12.0 Å². The minimum absolute atomic E-state index is 0. The van der Waals surface area contributed by atoms with Gasteiger partial charge >= 0.3 is 37.7 Å². The molecule has 0 fully saturated rings. The molecule has 0 amide bonds. The number of phenols is 1. The van der Waals surface area contributed by atoms with Crippen LogP contribution in [0.1, 0.15) is 141 Å². The van der Waals surface area contributed by atoms with Crippen molar-refractivity contribution in [3.05, 3.63) is 96.1 Å². The van der Waals surface area contributed by atoms with Gasteiger partial charge < -0.3 is 24.2 Å². The van der Waals surface area contributed by atoms with Crippen LogP contribution in [0.5, 0.6) is 34.5 Å². The molecule has 4 aromatic rings. The van der Waals surface area contributed by atoms with Crippen molar-refractivity contribution in [3.63, 3.8) is 0 Å². The minimum Gasteiger partial charge on any atom is -0.870 e. The van der Waals surface area contributed by atoms with Gasteiger partial charge in [-0.2, -0.15) is 8.42 Å². The second kappa shape index (κ2) is 28.6. The second-order valence-corrected chi connectivity index (χ2v) is 17.4. The van der Waals surface area contributed by atoms with Gasteiger partial charge in [-0.3, -0.25) is 4.55 Å². The summed E-state index contributed by atoms with van der Waals surface area (Å²) in [6, 6.07) is 21.5. The first-order chi connectivity index (χ1) is 27.9. The smallest absolute Gasteiger partial charge is 0.870 e. The summed E-state index contributed by atoms with van der Waals surface area (Å²) in [7, 11) is -9.10. The molecule has 0 saturated carbocycles. The summed E-state index contributed by atoms with van der Waals surface area (Å²) in [5.41, 5.74) is 1.42. The van der Waals surface area contributed by atoms with Gasteiger partial charge in [0.15, 0.2) is 11.5 Å². The molecule has 4 aromatic carbocycles. The van der Waals surface area contributed by atoms with Crippen LogP contribution in [0.2, 0.25) is 0 Å². The Morgan fingerprint density at radius 1 is 0.492 bits per heavy atom. The number of ether oxygens (including phenoxy) is 2. The summed E-state index contributed by atoms with van der Waals surface area (Å²) in [6.45, 7) is 4.44. The number of aryl methyl sites for hydroxylation is 2. The third kappa shape index (κ3) is 19.6. The Labute approximate surface area is 383 Å². The Morgan fingerprint density at radius 2 is 0.864 bits per heavy atom. The van der Waals surface area contributed by atoms with Crippen molar-refractivity contribution in [2.24, 2.45) is 0 Å². The standard InChI is InChI=1S/2C23H32O5S.Ca/c2*1-2-3-4-5-6-7-8-9-10-14-19-15-13-17-21(23(19)24)28-20-16-11-12-18-22(20)29(25,26)27;/h2*11-13,15-18,24H,2-10,14H2,1H3,(H,25,26,27);/q;;+2/p-2. The molecule has 0 spiro atoms. The zero-order valence-electron chi connectivity index (χ0n) is 34.9. The van der Waals surface area contributed by atoms with Crippen LogP contribution in [0.15, 0.2) is 94.7 Å². The fourth-order valence-corrected chi connectivity index (χ4v) is 7.88. The number of rotatable bonds is 26. The maximum absolute atomic E-state index is 12.6. The van der Waals surface area contributed by atoms with E-state index in [9.17, 15) is 36.2 Å². The molecule has 59 heavy (non-hydrogen) atoms. The van der Waals surface area contributed by atoms with E-state index < -0.39 is 25.1 Å². The molecule has 0 aliphatic heterocycles. The van der Waals surface area contributed by atoms with Gasteiger partial charge in [0.2, 0.25) is 0 Å². The van der Waals surface area contributed by atoms with Crippen molar-refractivity contribution in [2.45, 2.75) is 152 Å². The molecule has 320 valence electrons. The van der Waals surface area contributed by atoms with Crippen LogP contribution in [-0.4, -0.2) is 68.8 Å². The molecule has 0 bridgehead atoms. The van der Waals surface area contributed by atoms with E-state index in [1.165, 1.54) is 132 Å². The van der Waals surface area contributed by atoms with E-state index in [4.69, 9.17) is 9.47 Å². The average molecular weight is 879 g/mol. The normalized spacial score (nSPS) is 11.3. The predicted octanol–water partition coefficient (Wildman–Crippen LogP) is 11.7. The van der Waals surface area contributed by atoms with E-state index >= 15 is 0 Å². The first-order valence-corrected chi connectivity index (χ1v) is 23.8. The van der Waals surface area contributed by atoms with Gasteiger partial charge in [-0.25, -0.2) is 8.42 Å². The zero-order valence-corrected chi connectivity index (χ0v) is 38.8. The predicted molar refractivity (Wildman–Crippen MR) is 232 cm³/mol. The number of hydrogen-bond donors (Lipinski definition) is 2. The molecule has 4 rings (SSSR count). The fraction of sp³-hybridized carbons (Fsp3) is 0.478. The Balaban J connectivity index is 0.000000400. The maximum Gasteiger partial charge on any atom is 2.00 e. The van der Waals surface area contributed by atoms with Crippen molar-refractivity contribution < 1.29 is 45.6 Å². The summed E-state index contributed by atoms with van der Waals surface area (Å²) in [5, 5.41) is 23.2. The monoisotopic (exact) mass is 878 g/mol. The summed E-state index contributed by atoms with van der Waals surface area (Å²) in [6.07, 6.45) is 23.4. The summed E-state index contributed by atoms with van der Waals surface area (Å²) in [4.78, 5) is -0.799. The summed E-state index contributed by atoms with van der Waals surface area (Å²) < 4.78 is 77.6. The molecule has 0 unspecified atom stereocenters. The first-order valence-electron chi connectivity index (χ1n) is 20.9. The number of aromatic hydroxyl groups is 1. The van der Waals surface area contributed by atoms with E-state index in [-0.39, 0.29) is 77.1 Å².